The lowest BCUT2D eigenvalue weighted by Crippen LogP contribution is -2.23. The summed E-state index contributed by atoms with van der Waals surface area (Å²) < 4.78 is 5.39. The number of rotatable bonds is 6. The molecule has 15 heavy (non-hydrogen) atoms. The average molecular weight is 207 g/mol. The molecule has 0 radical (unpaired) electrons. The molecule has 1 heterocycles. The molecule has 1 rings (SSSR count). The summed E-state index contributed by atoms with van der Waals surface area (Å²) in [7, 11) is 0. The molecule has 0 aromatic heterocycles. The summed E-state index contributed by atoms with van der Waals surface area (Å²) in [5.74, 6) is 0. The molecule has 1 aliphatic rings. The number of hydrogen-bond acceptors (Lipinski definition) is 2. The SMILES string of the molecule is C=C/C(C)=C\C=C\OCCN1CCCC1. The summed E-state index contributed by atoms with van der Waals surface area (Å²) in [6.07, 6.45) is 10.2. The van der Waals surface area contributed by atoms with Crippen LogP contribution in [0.2, 0.25) is 0 Å². The van der Waals surface area contributed by atoms with E-state index in [-0.39, 0.29) is 0 Å². The molecule has 0 bridgehead atoms. The van der Waals surface area contributed by atoms with Crippen molar-refractivity contribution in [2.75, 3.05) is 26.2 Å². The molecule has 0 N–H and O–H groups in total. The van der Waals surface area contributed by atoms with E-state index in [4.69, 9.17) is 4.74 Å². The van der Waals surface area contributed by atoms with Crippen molar-refractivity contribution in [2.24, 2.45) is 0 Å². The highest BCUT2D eigenvalue weighted by molar-refractivity contribution is 5.18. The number of nitrogens with zero attached hydrogens (tertiary/aromatic N) is 1. The zero-order valence-electron chi connectivity index (χ0n) is 9.61. The monoisotopic (exact) mass is 207 g/mol. The Labute approximate surface area is 92.9 Å². The maximum Gasteiger partial charge on any atom is 0.1000 e. The van der Waals surface area contributed by atoms with E-state index in [1.165, 1.54) is 25.9 Å². The van der Waals surface area contributed by atoms with Gasteiger partial charge in [0, 0.05) is 6.54 Å². The molecule has 0 aliphatic carbocycles. The zero-order valence-corrected chi connectivity index (χ0v) is 9.61. The van der Waals surface area contributed by atoms with Gasteiger partial charge in [-0.3, -0.25) is 4.90 Å². The van der Waals surface area contributed by atoms with Crippen LogP contribution in [0.25, 0.3) is 0 Å². The van der Waals surface area contributed by atoms with Gasteiger partial charge in [0.1, 0.15) is 0 Å². The predicted molar refractivity (Wildman–Crippen MR) is 64.7 cm³/mol. The first kappa shape index (κ1) is 12.1. The van der Waals surface area contributed by atoms with E-state index in [1.54, 1.807) is 6.26 Å². The molecule has 0 atom stereocenters. The smallest absolute Gasteiger partial charge is 0.1000 e. The third kappa shape index (κ3) is 5.43. The Morgan fingerprint density at radius 2 is 2.13 bits per heavy atom. The summed E-state index contributed by atoms with van der Waals surface area (Å²) >= 11 is 0. The van der Waals surface area contributed by atoms with Crippen LogP contribution in [-0.2, 0) is 4.74 Å². The van der Waals surface area contributed by atoms with E-state index in [0.717, 1.165) is 18.7 Å². The van der Waals surface area contributed by atoms with Gasteiger partial charge in [0.2, 0.25) is 0 Å². The second-order valence-corrected chi connectivity index (χ2v) is 3.86. The fraction of sp³-hybridized carbons (Fsp3) is 0.538. The van der Waals surface area contributed by atoms with Crippen molar-refractivity contribution in [1.82, 2.24) is 4.90 Å². The number of allylic oxidation sites excluding steroid dienone is 4. The van der Waals surface area contributed by atoms with E-state index in [9.17, 15) is 0 Å². The Kier molecular flexibility index (Phi) is 5.86. The van der Waals surface area contributed by atoms with Crippen molar-refractivity contribution in [1.29, 1.82) is 0 Å². The summed E-state index contributed by atoms with van der Waals surface area (Å²) in [4.78, 5) is 2.44. The van der Waals surface area contributed by atoms with Gasteiger partial charge in [-0.05, 0) is 38.9 Å². The lowest BCUT2D eigenvalue weighted by atomic mass is 10.3. The zero-order chi connectivity index (χ0) is 10.9. The number of ether oxygens (including phenoxy) is 1. The van der Waals surface area contributed by atoms with Gasteiger partial charge in [-0.25, -0.2) is 0 Å². The maximum absolute atomic E-state index is 5.39. The molecule has 2 nitrogen and oxygen atoms in total. The van der Waals surface area contributed by atoms with Crippen LogP contribution in [0.15, 0.2) is 36.6 Å². The summed E-state index contributed by atoms with van der Waals surface area (Å²) in [5.41, 5.74) is 1.15. The second-order valence-electron chi connectivity index (χ2n) is 3.86. The normalized spacial score (nSPS) is 18.6. The van der Waals surface area contributed by atoms with Gasteiger partial charge in [-0.2, -0.15) is 0 Å². The lowest BCUT2D eigenvalue weighted by Gasteiger charge is -2.13. The first-order valence-electron chi connectivity index (χ1n) is 5.63. The highest BCUT2D eigenvalue weighted by atomic mass is 16.5. The molecular formula is C13H21NO. The fourth-order valence-electron chi connectivity index (χ4n) is 1.57. The Morgan fingerprint density at radius 3 is 2.80 bits per heavy atom. The van der Waals surface area contributed by atoms with Gasteiger partial charge in [-0.1, -0.05) is 24.3 Å². The molecule has 84 valence electrons. The average Bonchev–Trinajstić information content (AvgIpc) is 2.75. The van der Waals surface area contributed by atoms with Gasteiger partial charge >= 0.3 is 0 Å². The van der Waals surface area contributed by atoms with Crippen LogP contribution < -0.4 is 0 Å². The highest BCUT2D eigenvalue weighted by Gasteiger charge is 2.09. The second kappa shape index (κ2) is 7.30. The van der Waals surface area contributed by atoms with Crippen LogP contribution in [-0.4, -0.2) is 31.1 Å². The van der Waals surface area contributed by atoms with Gasteiger partial charge in [0.25, 0.3) is 0 Å². The quantitative estimate of drug-likeness (QED) is 0.377. The Hall–Kier alpha value is -1.02. The molecule has 0 aromatic carbocycles. The summed E-state index contributed by atoms with van der Waals surface area (Å²) in [5, 5.41) is 0. The fourth-order valence-corrected chi connectivity index (χ4v) is 1.57. The van der Waals surface area contributed by atoms with Crippen LogP contribution in [0.4, 0.5) is 0 Å². The largest absolute Gasteiger partial charge is 0.500 e. The minimum Gasteiger partial charge on any atom is -0.500 e. The topological polar surface area (TPSA) is 12.5 Å². The highest BCUT2D eigenvalue weighted by Crippen LogP contribution is 2.05. The van der Waals surface area contributed by atoms with Crippen molar-refractivity contribution >= 4 is 0 Å². The molecule has 1 aliphatic heterocycles. The lowest BCUT2D eigenvalue weighted by molar-refractivity contribution is 0.196. The van der Waals surface area contributed by atoms with Crippen molar-refractivity contribution in [3.63, 3.8) is 0 Å². The molecular weight excluding hydrogens is 186 g/mol. The molecule has 0 aromatic rings. The minimum atomic E-state index is 0.789. The molecule has 0 amide bonds. The minimum absolute atomic E-state index is 0.789. The molecule has 2 heteroatoms. The van der Waals surface area contributed by atoms with E-state index >= 15 is 0 Å². The van der Waals surface area contributed by atoms with Crippen LogP contribution in [0.5, 0.6) is 0 Å². The van der Waals surface area contributed by atoms with Gasteiger partial charge in [-0.15, -0.1) is 0 Å². The molecule has 1 fully saturated rings. The Bertz CT molecular complexity index is 237. The van der Waals surface area contributed by atoms with Gasteiger partial charge < -0.3 is 4.74 Å². The molecule has 1 saturated heterocycles. The predicted octanol–water partition coefficient (Wildman–Crippen LogP) is 2.74. The summed E-state index contributed by atoms with van der Waals surface area (Å²) in [6.45, 7) is 10.0. The Morgan fingerprint density at radius 1 is 1.40 bits per heavy atom. The van der Waals surface area contributed by atoms with Crippen molar-refractivity contribution in [2.45, 2.75) is 19.8 Å². The van der Waals surface area contributed by atoms with E-state index in [2.05, 4.69) is 11.5 Å². The number of hydrogen-bond donors (Lipinski definition) is 0. The van der Waals surface area contributed by atoms with Gasteiger partial charge in [0.05, 0.1) is 12.9 Å². The van der Waals surface area contributed by atoms with Crippen LogP contribution >= 0.6 is 0 Å². The third-order valence-electron chi connectivity index (χ3n) is 2.58. The molecule has 0 unspecified atom stereocenters. The molecule has 0 spiro atoms. The van der Waals surface area contributed by atoms with Crippen LogP contribution in [0, 0.1) is 0 Å². The first-order valence-corrected chi connectivity index (χ1v) is 5.63. The third-order valence-corrected chi connectivity index (χ3v) is 2.58. The first-order chi connectivity index (χ1) is 7.33. The van der Waals surface area contributed by atoms with E-state index in [0.29, 0.717) is 0 Å². The van der Waals surface area contributed by atoms with Crippen molar-refractivity contribution in [3.8, 4) is 0 Å². The van der Waals surface area contributed by atoms with Crippen molar-refractivity contribution < 1.29 is 4.74 Å². The standard InChI is InChI=1S/C13H21NO/c1-3-13(2)7-6-11-15-12-10-14-8-4-5-9-14/h3,6-7,11H,1,4-5,8-10,12H2,2H3/b11-6+,13-7-. The molecule has 0 saturated carbocycles. The van der Waals surface area contributed by atoms with Crippen LogP contribution in [0.1, 0.15) is 19.8 Å². The number of likely N-dealkylation sites (tertiary alicyclic amines) is 1. The van der Waals surface area contributed by atoms with Crippen molar-refractivity contribution in [3.05, 3.63) is 36.6 Å². The van der Waals surface area contributed by atoms with E-state index in [1.807, 2.05) is 25.2 Å². The van der Waals surface area contributed by atoms with Gasteiger partial charge in [0.15, 0.2) is 0 Å². The van der Waals surface area contributed by atoms with E-state index < -0.39 is 0 Å². The maximum atomic E-state index is 5.39. The van der Waals surface area contributed by atoms with Crippen LogP contribution in [0.3, 0.4) is 0 Å². The summed E-state index contributed by atoms with van der Waals surface area (Å²) in [6, 6.07) is 0. The Balaban J connectivity index is 2.03.